The number of hydrogen-bond donors (Lipinski definition) is 0. The van der Waals surface area contributed by atoms with Crippen LogP contribution in [0.25, 0.3) is 0 Å². The van der Waals surface area contributed by atoms with Crippen LogP contribution in [0.5, 0.6) is 6.01 Å². The van der Waals surface area contributed by atoms with Crippen LogP contribution in [0.4, 0.5) is 19.0 Å². The summed E-state index contributed by atoms with van der Waals surface area (Å²) in [4.78, 5) is 17.2. The summed E-state index contributed by atoms with van der Waals surface area (Å²) < 4.78 is 43.5. The minimum Gasteiger partial charge on any atom is -0.460 e. The minimum absolute atomic E-state index is 0.239. The topological polar surface area (TPSA) is 87.8 Å². The highest BCUT2D eigenvalue weighted by Crippen LogP contribution is 2.28. The van der Waals surface area contributed by atoms with Gasteiger partial charge < -0.3 is 9.64 Å². The van der Waals surface area contributed by atoms with Crippen molar-refractivity contribution in [1.82, 2.24) is 19.9 Å². The van der Waals surface area contributed by atoms with Crippen molar-refractivity contribution in [3.8, 4) is 12.1 Å². The first-order valence-electron chi connectivity index (χ1n) is 7.50. The first kappa shape index (κ1) is 16.9. The van der Waals surface area contributed by atoms with Crippen LogP contribution in [0.1, 0.15) is 24.2 Å². The van der Waals surface area contributed by atoms with Crippen LogP contribution in [0.2, 0.25) is 0 Å². The fourth-order valence-electron chi connectivity index (χ4n) is 2.53. The Labute approximate surface area is 141 Å². The fraction of sp³-hybridized carbons (Fsp3) is 0.400. The van der Waals surface area contributed by atoms with Gasteiger partial charge in [0.25, 0.3) is 0 Å². The second-order valence-electron chi connectivity index (χ2n) is 5.37. The van der Waals surface area contributed by atoms with E-state index in [1.165, 1.54) is 12.4 Å². The summed E-state index contributed by atoms with van der Waals surface area (Å²) in [6.07, 6.45) is 0.227. The van der Waals surface area contributed by atoms with E-state index in [9.17, 15) is 13.2 Å². The third kappa shape index (κ3) is 3.93. The van der Waals surface area contributed by atoms with Gasteiger partial charge >= 0.3 is 12.2 Å². The van der Waals surface area contributed by atoms with Crippen LogP contribution in [-0.4, -0.2) is 39.1 Å². The van der Waals surface area contributed by atoms with Gasteiger partial charge in [-0.2, -0.15) is 23.4 Å². The van der Waals surface area contributed by atoms with Crippen LogP contribution >= 0.6 is 0 Å². The van der Waals surface area contributed by atoms with Crippen LogP contribution < -0.4 is 9.64 Å². The number of hydrogen-bond acceptors (Lipinski definition) is 7. The highest BCUT2D eigenvalue weighted by molar-refractivity contribution is 5.49. The third-order valence-corrected chi connectivity index (χ3v) is 3.72. The molecule has 130 valence electrons. The van der Waals surface area contributed by atoms with Crippen LogP contribution in [0.3, 0.4) is 0 Å². The van der Waals surface area contributed by atoms with E-state index in [0.29, 0.717) is 31.7 Å². The van der Waals surface area contributed by atoms with E-state index in [0.717, 1.165) is 12.3 Å². The summed E-state index contributed by atoms with van der Waals surface area (Å²) in [6, 6.07) is 2.50. The van der Waals surface area contributed by atoms with Gasteiger partial charge in [-0.05, 0) is 6.07 Å². The number of piperidine rings is 1. The Morgan fingerprint density at radius 2 is 1.84 bits per heavy atom. The maximum atomic E-state index is 12.7. The summed E-state index contributed by atoms with van der Waals surface area (Å²) >= 11 is 0. The molecule has 1 saturated heterocycles. The molecule has 0 N–H and O–H groups in total. The summed E-state index contributed by atoms with van der Waals surface area (Å²) in [5, 5.41) is 9.08. The van der Waals surface area contributed by atoms with Crippen molar-refractivity contribution in [3.63, 3.8) is 0 Å². The zero-order chi connectivity index (χ0) is 17.9. The lowest BCUT2D eigenvalue weighted by Crippen LogP contribution is -2.39. The number of nitriles is 1. The molecule has 0 aromatic carbocycles. The standard InChI is InChI=1S/C15H13F3N6O/c16-15(17,18)12-1-4-22-14(23-12)25-10-2-7-24(8-3-10)13-11(9-19)20-5-6-21-13/h1,4-6,10H,2-3,7-8H2. The van der Waals surface area contributed by atoms with E-state index < -0.39 is 11.9 Å². The minimum atomic E-state index is -4.54. The van der Waals surface area contributed by atoms with Crippen LogP contribution in [-0.2, 0) is 6.18 Å². The average molecular weight is 350 g/mol. The maximum Gasteiger partial charge on any atom is 0.433 e. The molecule has 2 aromatic rings. The Balaban J connectivity index is 1.63. The van der Waals surface area contributed by atoms with Crippen molar-refractivity contribution < 1.29 is 17.9 Å². The highest BCUT2D eigenvalue weighted by atomic mass is 19.4. The second-order valence-corrected chi connectivity index (χ2v) is 5.37. The van der Waals surface area contributed by atoms with Gasteiger partial charge in [0.05, 0.1) is 0 Å². The van der Waals surface area contributed by atoms with Crippen molar-refractivity contribution in [2.45, 2.75) is 25.1 Å². The molecule has 0 radical (unpaired) electrons. The number of halogens is 3. The predicted octanol–water partition coefficient (Wildman–Crippen LogP) is 2.20. The SMILES string of the molecule is N#Cc1nccnc1N1CCC(Oc2nccc(C(F)(F)F)n2)CC1. The number of aromatic nitrogens is 4. The van der Waals surface area contributed by atoms with E-state index in [2.05, 4.69) is 19.9 Å². The monoisotopic (exact) mass is 350 g/mol. The zero-order valence-corrected chi connectivity index (χ0v) is 12.9. The van der Waals surface area contributed by atoms with Gasteiger partial charge in [-0.3, -0.25) is 0 Å². The number of anilines is 1. The smallest absolute Gasteiger partial charge is 0.433 e. The molecular weight excluding hydrogens is 337 g/mol. The van der Waals surface area contributed by atoms with Gasteiger partial charge in [0.1, 0.15) is 12.2 Å². The summed E-state index contributed by atoms with van der Waals surface area (Å²) in [7, 11) is 0. The lowest BCUT2D eigenvalue weighted by molar-refractivity contribution is -0.141. The summed E-state index contributed by atoms with van der Waals surface area (Å²) in [6.45, 7) is 1.08. The van der Waals surface area contributed by atoms with Gasteiger partial charge in [-0.15, -0.1) is 0 Å². The lowest BCUT2D eigenvalue weighted by Gasteiger charge is -2.32. The molecule has 7 nitrogen and oxygen atoms in total. The lowest BCUT2D eigenvalue weighted by atomic mass is 10.1. The van der Waals surface area contributed by atoms with Gasteiger partial charge in [-0.25, -0.2) is 15.0 Å². The highest BCUT2D eigenvalue weighted by Gasteiger charge is 2.33. The first-order valence-corrected chi connectivity index (χ1v) is 7.50. The molecule has 2 aromatic heterocycles. The molecule has 0 bridgehead atoms. The molecule has 0 amide bonds. The molecule has 25 heavy (non-hydrogen) atoms. The van der Waals surface area contributed by atoms with E-state index in [4.69, 9.17) is 10.00 Å². The van der Waals surface area contributed by atoms with Crippen LogP contribution in [0.15, 0.2) is 24.7 Å². The number of ether oxygens (including phenoxy) is 1. The normalized spacial score (nSPS) is 15.7. The number of alkyl halides is 3. The van der Waals surface area contributed by atoms with Gasteiger partial charge in [0, 0.05) is 44.5 Å². The molecule has 0 saturated carbocycles. The molecule has 0 unspecified atom stereocenters. The molecule has 1 aliphatic rings. The molecule has 3 rings (SSSR count). The average Bonchev–Trinajstić information content (AvgIpc) is 2.62. The van der Waals surface area contributed by atoms with Crippen molar-refractivity contribution in [2.75, 3.05) is 18.0 Å². The Hall–Kier alpha value is -2.96. The second kappa shape index (κ2) is 6.88. The van der Waals surface area contributed by atoms with E-state index >= 15 is 0 Å². The molecule has 0 aliphatic carbocycles. The maximum absolute atomic E-state index is 12.7. The van der Waals surface area contributed by atoms with Gasteiger partial charge in [-0.1, -0.05) is 0 Å². The van der Waals surface area contributed by atoms with Crippen molar-refractivity contribution >= 4 is 5.82 Å². The molecular formula is C15H13F3N6O. The van der Waals surface area contributed by atoms with Gasteiger partial charge in [0.15, 0.2) is 17.2 Å². The van der Waals surface area contributed by atoms with Crippen LogP contribution in [0, 0.1) is 11.3 Å². The van der Waals surface area contributed by atoms with Crippen molar-refractivity contribution in [1.29, 1.82) is 5.26 Å². The van der Waals surface area contributed by atoms with E-state index in [1.807, 2.05) is 11.0 Å². The Morgan fingerprint density at radius 1 is 1.12 bits per heavy atom. The Morgan fingerprint density at radius 3 is 2.52 bits per heavy atom. The van der Waals surface area contributed by atoms with Crippen molar-refractivity contribution in [3.05, 3.63) is 36.0 Å². The zero-order valence-electron chi connectivity index (χ0n) is 12.9. The summed E-state index contributed by atoms with van der Waals surface area (Å²) in [5.74, 6) is 0.499. The molecule has 1 aliphatic heterocycles. The van der Waals surface area contributed by atoms with Crippen molar-refractivity contribution in [2.24, 2.45) is 0 Å². The third-order valence-electron chi connectivity index (χ3n) is 3.72. The number of nitrogens with zero attached hydrogens (tertiary/aromatic N) is 6. The van der Waals surface area contributed by atoms with E-state index in [-0.39, 0.29) is 17.8 Å². The van der Waals surface area contributed by atoms with Gasteiger partial charge in [0.2, 0.25) is 0 Å². The predicted molar refractivity (Wildman–Crippen MR) is 79.6 cm³/mol. The largest absolute Gasteiger partial charge is 0.460 e. The molecule has 10 heteroatoms. The molecule has 1 fully saturated rings. The molecule has 3 heterocycles. The first-order chi connectivity index (χ1) is 12.0. The summed E-state index contributed by atoms with van der Waals surface area (Å²) in [5.41, 5.74) is -0.795. The number of rotatable bonds is 3. The fourth-order valence-corrected chi connectivity index (χ4v) is 2.53. The van der Waals surface area contributed by atoms with E-state index in [1.54, 1.807) is 0 Å². The molecule has 0 atom stereocenters. The quantitative estimate of drug-likeness (QED) is 0.838. The Kier molecular flexibility index (Phi) is 4.65. The Bertz CT molecular complexity index is 783. The molecule has 0 spiro atoms.